The Labute approximate surface area is 129 Å². The quantitative estimate of drug-likeness (QED) is 0.736. The number of hydrogen-bond donors (Lipinski definition) is 2. The number of nitrogens with one attached hydrogen (secondary N) is 1. The zero-order valence-corrected chi connectivity index (χ0v) is 14.1. The molecule has 21 heavy (non-hydrogen) atoms. The molecule has 0 aromatic heterocycles. The van der Waals surface area contributed by atoms with Gasteiger partial charge < -0.3 is 5.73 Å². The SMILES string of the molecule is CC(C)CCCC(C)NS(=O)(=O)Cc1ccc(CN)cc1. The average molecular weight is 312 g/mol. The van der Waals surface area contributed by atoms with Gasteiger partial charge in [0.2, 0.25) is 10.0 Å². The zero-order chi connectivity index (χ0) is 15.9. The van der Waals surface area contributed by atoms with E-state index in [-0.39, 0.29) is 11.8 Å². The second-order valence-electron chi connectivity index (χ2n) is 6.12. The highest BCUT2D eigenvalue weighted by Crippen LogP contribution is 2.11. The van der Waals surface area contributed by atoms with E-state index in [4.69, 9.17) is 5.73 Å². The van der Waals surface area contributed by atoms with Crippen LogP contribution in [-0.2, 0) is 22.3 Å². The van der Waals surface area contributed by atoms with Crippen molar-refractivity contribution in [2.24, 2.45) is 11.7 Å². The molecule has 5 heteroatoms. The van der Waals surface area contributed by atoms with E-state index in [1.54, 1.807) is 0 Å². The Morgan fingerprint density at radius 3 is 2.14 bits per heavy atom. The minimum Gasteiger partial charge on any atom is -0.326 e. The summed E-state index contributed by atoms with van der Waals surface area (Å²) in [7, 11) is -3.29. The summed E-state index contributed by atoms with van der Waals surface area (Å²) in [5, 5.41) is 0. The van der Waals surface area contributed by atoms with Gasteiger partial charge >= 0.3 is 0 Å². The van der Waals surface area contributed by atoms with E-state index in [1.165, 1.54) is 0 Å². The monoisotopic (exact) mass is 312 g/mol. The van der Waals surface area contributed by atoms with E-state index in [2.05, 4.69) is 18.6 Å². The van der Waals surface area contributed by atoms with Gasteiger partial charge in [-0.15, -0.1) is 0 Å². The van der Waals surface area contributed by atoms with Crippen LogP contribution in [0.2, 0.25) is 0 Å². The van der Waals surface area contributed by atoms with Gasteiger partial charge in [-0.25, -0.2) is 13.1 Å². The van der Waals surface area contributed by atoms with E-state index in [0.29, 0.717) is 12.5 Å². The van der Waals surface area contributed by atoms with Crippen LogP contribution in [0.5, 0.6) is 0 Å². The third-order valence-electron chi connectivity index (χ3n) is 3.41. The lowest BCUT2D eigenvalue weighted by molar-refractivity contribution is 0.488. The van der Waals surface area contributed by atoms with Gasteiger partial charge in [0.25, 0.3) is 0 Å². The smallest absolute Gasteiger partial charge is 0.216 e. The van der Waals surface area contributed by atoms with Gasteiger partial charge in [-0.05, 0) is 30.4 Å². The van der Waals surface area contributed by atoms with Crippen LogP contribution in [0.4, 0.5) is 0 Å². The number of sulfonamides is 1. The molecule has 3 N–H and O–H groups in total. The second kappa shape index (κ2) is 8.51. The summed E-state index contributed by atoms with van der Waals surface area (Å²) in [6.45, 7) is 6.76. The van der Waals surface area contributed by atoms with Gasteiger partial charge in [0.1, 0.15) is 0 Å². The lowest BCUT2D eigenvalue weighted by atomic mass is 10.0. The third-order valence-corrected chi connectivity index (χ3v) is 4.89. The minimum absolute atomic E-state index is 0.0166. The Kier molecular flexibility index (Phi) is 7.35. The molecule has 0 spiro atoms. The van der Waals surface area contributed by atoms with Gasteiger partial charge in [0.15, 0.2) is 0 Å². The Bertz CT molecular complexity index is 510. The highest BCUT2D eigenvalue weighted by Gasteiger charge is 2.15. The Morgan fingerprint density at radius 2 is 1.62 bits per heavy atom. The molecule has 1 atom stereocenters. The van der Waals surface area contributed by atoms with Crippen LogP contribution in [0.1, 0.15) is 51.2 Å². The first-order chi connectivity index (χ1) is 9.82. The van der Waals surface area contributed by atoms with Crippen LogP contribution in [0.15, 0.2) is 24.3 Å². The number of benzene rings is 1. The molecule has 0 radical (unpaired) electrons. The molecule has 1 rings (SSSR count). The van der Waals surface area contributed by atoms with Gasteiger partial charge in [0, 0.05) is 12.6 Å². The predicted octanol–water partition coefficient (Wildman–Crippen LogP) is 2.78. The molecule has 1 unspecified atom stereocenters. The van der Waals surface area contributed by atoms with Crippen molar-refractivity contribution in [3.05, 3.63) is 35.4 Å². The Morgan fingerprint density at radius 1 is 1.05 bits per heavy atom. The van der Waals surface area contributed by atoms with Crippen molar-refractivity contribution >= 4 is 10.0 Å². The Balaban J connectivity index is 2.48. The second-order valence-corrected chi connectivity index (χ2v) is 7.88. The highest BCUT2D eigenvalue weighted by molar-refractivity contribution is 7.88. The summed E-state index contributed by atoms with van der Waals surface area (Å²) >= 11 is 0. The fourth-order valence-electron chi connectivity index (χ4n) is 2.23. The molecule has 0 aliphatic heterocycles. The summed E-state index contributed by atoms with van der Waals surface area (Å²) in [4.78, 5) is 0. The maximum Gasteiger partial charge on any atom is 0.216 e. The van der Waals surface area contributed by atoms with Crippen LogP contribution >= 0.6 is 0 Å². The van der Waals surface area contributed by atoms with Crippen molar-refractivity contribution in [1.82, 2.24) is 4.72 Å². The summed E-state index contributed by atoms with van der Waals surface area (Å²) in [6.07, 6.45) is 3.06. The Hall–Kier alpha value is -0.910. The fourth-order valence-corrected chi connectivity index (χ4v) is 3.68. The fraction of sp³-hybridized carbons (Fsp3) is 0.625. The summed E-state index contributed by atoms with van der Waals surface area (Å²) < 4.78 is 27.0. The van der Waals surface area contributed by atoms with Crippen molar-refractivity contribution in [2.45, 2.75) is 58.4 Å². The first kappa shape index (κ1) is 18.1. The molecule has 0 aliphatic rings. The van der Waals surface area contributed by atoms with Crippen LogP contribution in [0.3, 0.4) is 0 Å². The number of rotatable bonds is 9. The minimum atomic E-state index is -3.29. The molecule has 0 bridgehead atoms. The molecule has 0 saturated heterocycles. The molecule has 120 valence electrons. The maximum atomic E-state index is 12.1. The van der Waals surface area contributed by atoms with Gasteiger partial charge in [-0.3, -0.25) is 0 Å². The van der Waals surface area contributed by atoms with Crippen molar-refractivity contribution in [3.8, 4) is 0 Å². The van der Waals surface area contributed by atoms with Crippen molar-refractivity contribution < 1.29 is 8.42 Å². The van der Waals surface area contributed by atoms with Crippen molar-refractivity contribution in [1.29, 1.82) is 0 Å². The molecule has 1 aromatic rings. The van der Waals surface area contributed by atoms with E-state index in [1.807, 2.05) is 31.2 Å². The first-order valence-electron chi connectivity index (χ1n) is 7.60. The molecular formula is C16H28N2O2S. The summed E-state index contributed by atoms with van der Waals surface area (Å²) in [5.41, 5.74) is 7.32. The van der Waals surface area contributed by atoms with E-state index < -0.39 is 10.0 Å². The van der Waals surface area contributed by atoms with Crippen molar-refractivity contribution in [3.63, 3.8) is 0 Å². The molecule has 0 fully saturated rings. The third kappa shape index (κ3) is 7.60. The molecule has 4 nitrogen and oxygen atoms in total. The predicted molar refractivity (Wildman–Crippen MR) is 88.2 cm³/mol. The van der Waals surface area contributed by atoms with Crippen molar-refractivity contribution in [2.75, 3.05) is 0 Å². The molecule has 0 amide bonds. The molecular weight excluding hydrogens is 284 g/mol. The van der Waals surface area contributed by atoms with E-state index >= 15 is 0 Å². The summed E-state index contributed by atoms with van der Waals surface area (Å²) in [6, 6.07) is 7.38. The molecule has 1 aromatic carbocycles. The number of nitrogens with two attached hydrogens (primary N) is 1. The normalized spacial score (nSPS) is 13.6. The summed E-state index contributed by atoms with van der Waals surface area (Å²) in [5.74, 6) is 0.682. The molecule has 0 saturated carbocycles. The van der Waals surface area contributed by atoms with Crippen LogP contribution < -0.4 is 10.5 Å². The highest BCUT2D eigenvalue weighted by atomic mass is 32.2. The molecule has 0 aliphatic carbocycles. The zero-order valence-electron chi connectivity index (χ0n) is 13.3. The van der Waals surface area contributed by atoms with Gasteiger partial charge in [0.05, 0.1) is 5.75 Å². The average Bonchev–Trinajstić information content (AvgIpc) is 2.38. The number of hydrogen-bond acceptors (Lipinski definition) is 3. The van der Waals surface area contributed by atoms with Crippen LogP contribution in [-0.4, -0.2) is 14.5 Å². The first-order valence-corrected chi connectivity index (χ1v) is 9.25. The topological polar surface area (TPSA) is 72.2 Å². The standard InChI is InChI=1S/C16H28N2O2S/c1-13(2)5-4-6-14(3)18-21(19,20)12-16-9-7-15(11-17)8-10-16/h7-10,13-14,18H,4-6,11-12,17H2,1-3H3. The molecule has 0 heterocycles. The maximum absolute atomic E-state index is 12.1. The largest absolute Gasteiger partial charge is 0.326 e. The van der Waals surface area contributed by atoms with Crippen LogP contribution in [0.25, 0.3) is 0 Å². The van der Waals surface area contributed by atoms with E-state index in [9.17, 15) is 8.42 Å². The van der Waals surface area contributed by atoms with Crippen LogP contribution in [0, 0.1) is 5.92 Å². The van der Waals surface area contributed by atoms with E-state index in [0.717, 1.165) is 30.4 Å². The van der Waals surface area contributed by atoms with Gasteiger partial charge in [-0.2, -0.15) is 0 Å². The lowest BCUT2D eigenvalue weighted by Crippen LogP contribution is -2.33. The lowest BCUT2D eigenvalue weighted by Gasteiger charge is -2.15. The van der Waals surface area contributed by atoms with Gasteiger partial charge in [-0.1, -0.05) is 51.0 Å².